The largest absolute Gasteiger partial charge is 0.290 e. The molecule has 2 nitrogen and oxygen atoms in total. The molecule has 0 fully saturated rings. The summed E-state index contributed by atoms with van der Waals surface area (Å²) in [6.07, 6.45) is 5.67. The summed E-state index contributed by atoms with van der Waals surface area (Å²) in [6.45, 7) is 0.873. The second kappa shape index (κ2) is 5.77. The van der Waals surface area contributed by atoms with Gasteiger partial charge in [-0.3, -0.25) is 9.98 Å². The second-order valence-corrected chi connectivity index (χ2v) is 3.27. The van der Waals surface area contributed by atoms with Gasteiger partial charge in [0.25, 0.3) is 0 Å². The van der Waals surface area contributed by atoms with E-state index in [1.54, 1.807) is 18.0 Å². The molecule has 1 aromatic rings. The Morgan fingerprint density at radius 2 is 2.50 bits per heavy atom. The van der Waals surface area contributed by atoms with Crippen LogP contribution in [0.15, 0.2) is 29.4 Å². The van der Waals surface area contributed by atoms with E-state index in [0.717, 1.165) is 18.0 Å². The summed E-state index contributed by atoms with van der Waals surface area (Å²) < 4.78 is 0. The third-order valence-electron chi connectivity index (χ3n) is 1.34. The summed E-state index contributed by atoms with van der Waals surface area (Å²) in [5.74, 6) is 1.07. The van der Waals surface area contributed by atoms with Crippen LogP contribution in [0.2, 0.25) is 0 Å². The Morgan fingerprint density at radius 3 is 3.17 bits per heavy atom. The first kappa shape index (κ1) is 9.26. The van der Waals surface area contributed by atoms with E-state index in [1.165, 1.54) is 0 Å². The van der Waals surface area contributed by atoms with Crippen LogP contribution in [0.4, 0.5) is 0 Å². The summed E-state index contributed by atoms with van der Waals surface area (Å²) in [4.78, 5) is 8.34. The van der Waals surface area contributed by atoms with Gasteiger partial charge in [-0.05, 0) is 18.4 Å². The van der Waals surface area contributed by atoms with Gasteiger partial charge in [0.05, 0.1) is 5.69 Å². The molecule has 1 aromatic heterocycles. The molecular weight excluding hydrogens is 168 g/mol. The molecule has 64 valence electrons. The Kier molecular flexibility index (Phi) is 4.46. The van der Waals surface area contributed by atoms with Crippen LogP contribution in [0.5, 0.6) is 0 Å². The van der Waals surface area contributed by atoms with Crippen molar-refractivity contribution >= 4 is 18.0 Å². The normalized spacial score (nSPS) is 10.8. The molecule has 0 amide bonds. The molecule has 0 bridgehead atoms. The van der Waals surface area contributed by atoms with Gasteiger partial charge in [0.15, 0.2) is 0 Å². The molecule has 1 heterocycles. The highest BCUT2D eigenvalue weighted by Crippen LogP contribution is 1.91. The third-order valence-corrected chi connectivity index (χ3v) is 1.93. The predicted molar refractivity (Wildman–Crippen MR) is 55.1 cm³/mol. The molecule has 12 heavy (non-hydrogen) atoms. The van der Waals surface area contributed by atoms with Crippen molar-refractivity contribution in [3.63, 3.8) is 0 Å². The van der Waals surface area contributed by atoms with E-state index in [1.807, 2.05) is 24.4 Å². The summed E-state index contributed by atoms with van der Waals surface area (Å²) in [7, 11) is 0. The standard InChI is InChI=1S/C9H12N2S/c1-12-7-6-10-8-9-4-2-3-5-11-9/h2-5,8H,6-7H2,1H3. The Hall–Kier alpha value is -0.830. The lowest BCUT2D eigenvalue weighted by Gasteiger charge is -1.90. The molecule has 0 aliphatic heterocycles. The average molecular weight is 180 g/mol. The summed E-state index contributed by atoms with van der Waals surface area (Å²) in [5, 5.41) is 0. The number of nitrogens with zero attached hydrogens (tertiary/aromatic N) is 2. The third kappa shape index (κ3) is 3.53. The van der Waals surface area contributed by atoms with Crippen LogP contribution >= 0.6 is 11.8 Å². The molecule has 0 saturated carbocycles. The summed E-state index contributed by atoms with van der Waals surface area (Å²) in [6, 6.07) is 5.81. The Labute approximate surface area is 77.1 Å². The Morgan fingerprint density at radius 1 is 1.58 bits per heavy atom. The molecule has 1 rings (SSSR count). The average Bonchev–Trinajstić information content (AvgIpc) is 2.14. The molecule has 0 unspecified atom stereocenters. The lowest BCUT2D eigenvalue weighted by atomic mass is 10.4. The molecule has 0 aliphatic carbocycles. The summed E-state index contributed by atoms with van der Waals surface area (Å²) in [5.41, 5.74) is 0.929. The van der Waals surface area contributed by atoms with Crippen molar-refractivity contribution < 1.29 is 0 Å². The van der Waals surface area contributed by atoms with Crippen molar-refractivity contribution in [1.29, 1.82) is 0 Å². The molecule has 0 radical (unpaired) electrons. The first-order valence-corrected chi connectivity index (χ1v) is 5.22. The van der Waals surface area contributed by atoms with Crippen LogP contribution in [-0.2, 0) is 0 Å². The van der Waals surface area contributed by atoms with Gasteiger partial charge < -0.3 is 0 Å². The van der Waals surface area contributed by atoms with Gasteiger partial charge in [-0.25, -0.2) is 0 Å². The van der Waals surface area contributed by atoms with Gasteiger partial charge in [0.1, 0.15) is 0 Å². The number of hydrogen-bond acceptors (Lipinski definition) is 3. The minimum atomic E-state index is 0.873. The molecule has 0 spiro atoms. The van der Waals surface area contributed by atoms with Crippen molar-refractivity contribution in [2.45, 2.75) is 0 Å². The zero-order valence-corrected chi connectivity index (χ0v) is 7.92. The van der Waals surface area contributed by atoms with Crippen molar-refractivity contribution in [3.05, 3.63) is 30.1 Å². The van der Waals surface area contributed by atoms with Gasteiger partial charge in [-0.1, -0.05) is 6.07 Å². The van der Waals surface area contributed by atoms with E-state index in [9.17, 15) is 0 Å². The monoisotopic (exact) mass is 180 g/mol. The van der Waals surface area contributed by atoms with Crippen LogP contribution in [0.3, 0.4) is 0 Å². The lowest BCUT2D eigenvalue weighted by Crippen LogP contribution is -1.88. The maximum absolute atomic E-state index is 4.22. The van der Waals surface area contributed by atoms with Crippen molar-refractivity contribution in [2.75, 3.05) is 18.6 Å². The minimum absolute atomic E-state index is 0.873. The van der Waals surface area contributed by atoms with Gasteiger partial charge in [0.2, 0.25) is 0 Å². The number of aliphatic imine (C=N–C) groups is 1. The molecule has 0 atom stereocenters. The highest BCUT2D eigenvalue weighted by molar-refractivity contribution is 7.98. The molecular formula is C9H12N2S. The van der Waals surface area contributed by atoms with Crippen molar-refractivity contribution in [3.8, 4) is 0 Å². The number of hydrogen-bond donors (Lipinski definition) is 0. The fraction of sp³-hybridized carbons (Fsp3) is 0.333. The fourth-order valence-corrected chi connectivity index (χ4v) is 1.04. The lowest BCUT2D eigenvalue weighted by molar-refractivity contribution is 1.15. The maximum atomic E-state index is 4.22. The van der Waals surface area contributed by atoms with Crippen LogP contribution in [0, 0.1) is 0 Å². The Bertz CT molecular complexity index is 234. The summed E-state index contributed by atoms with van der Waals surface area (Å²) >= 11 is 1.80. The van der Waals surface area contributed by atoms with Crippen LogP contribution in [0.25, 0.3) is 0 Å². The molecule has 0 aromatic carbocycles. The highest BCUT2D eigenvalue weighted by Gasteiger charge is 1.84. The van der Waals surface area contributed by atoms with Crippen LogP contribution in [-0.4, -0.2) is 29.8 Å². The number of rotatable bonds is 4. The number of thioether (sulfide) groups is 1. The fourth-order valence-electron chi connectivity index (χ4n) is 0.754. The number of aromatic nitrogens is 1. The molecule has 0 N–H and O–H groups in total. The van der Waals surface area contributed by atoms with Crippen molar-refractivity contribution in [2.24, 2.45) is 4.99 Å². The molecule has 0 aliphatic rings. The van der Waals surface area contributed by atoms with E-state index in [2.05, 4.69) is 16.2 Å². The second-order valence-electron chi connectivity index (χ2n) is 2.28. The van der Waals surface area contributed by atoms with Gasteiger partial charge >= 0.3 is 0 Å². The predicted octanol–water partition coefficient (Wildman–Crippen LogP) is 1.86. The molecule has 3 heteroatoms. The van der Waals surface area contributed by atoms with Crippen LogP contribution in [0.1, 0.15) is 5.69 Å². The van der Waals surface area contributed by atoms with Gasteiger partial charge in [-0.15, -0.1) is 0 Å². The van der Waals surface area contributed by atoms with E-state index >= 15 is 0 Å². The van der Waals surface area contributed by atoms with Gasteiger partial charge in [-0.2, -0.15) is 11.8 Å². The molecule has 0 saturated heterocycles. The van der Waals surface area contributed by atoms with Gasteiger partial charge in [0, 0.05) is 24.7 Å². The quantitative estimate of drug-likeness (QED) is 0.522. The van der Waals surface area contributed by atoms with E-state index in [-0.39, 0.29) is 0 Å². The smallest absolute Gasteiger partial charge is 0.0807 e. The Balaban J connectivity index is 2.36. The first-order valence-electron chi connectivity index (χ1n) is 3.83. The zero-order valence-electron chi connectivity index (χ0n) is 7.10. The topological polar surface area (TPSA) is 25.2 Å². The maximum Gasteiger partial charge on any atom is 0.0807 e. The van der Waals surface area contributed by atoms with E-state index in [4.69, 9.17) is 0 Å². The SMILES string of the molecule is CSCCN=Cc1ccccn1. The van der Waals surface area contributed by atoms with E-state index in [0.29, 0.717) is 0 Å². The van der Waals surface area contributed by atoms with E-state index < -0.39 is 0 Å². The number of pyridine rings is 1. The minimum Gasteiger partial charge on any atom is -0.290 e. The first-order chi connectivity index (χ1) is 5.93. The highest BCUT2D eigenvalue weighted by atomic mass is 32.2. The zero-order chi connectivity index (χ0) is 8.65. The van der Waals surface area contributed by atoms with Crippen LogP contribution < -0.4 is 0 Å². The van der Waals surface area contributed by atoms with Crippen molar-refractivity contribution in [1.82, 2.24) is 4.98 Å².